The van der Waals surface area contributed by atoms with Crippen LogP contribution in [-0.4, -0.2) is 17.4 Å². The van der Waals surface area contributed by atoms with Crippen molar-refractivity contribution in [3.05, 3.63) is 49.2 Å². The zero-order valence-corrected chi connectivity index (χ0v) is 10.0. The van der Waals surface area contributed by atoms with Crippen molar-refractivity contribution in [2.75, 3.05) is 11.4 Å². The molecule has 0 aliphatic carbocycles. The Balaban J connectivity index is 2.10. The Morgan fingerprint density at radius 2 is 2.17 bits per heavy atom. The molecule has 1 unspecified atom stereocenters. The first-order chi connectivity index (χ1) is 8.79. The molecule has 1 amide bonds. The van der Waals surface area contributed by atoms with Gasteiger partial charge in [0.25, 0.3) is 0 Å². The Morgan fingerprint density at radius 3 is 2.94 bits per heavy atom. The van der Waals surface area contributed by atoms with Gasteiger partial charge in [-0.1, -0.05) is 24.3 Å². The van der Waals surface area contributed by atoms with Crippen molar-refractivity contribution in [3.8, 4) is 0 Å². The lowest BCUT2D eigenvalue weighted by atomic mass is 10.1. The van der Waals surface area contributed by atoms with Crippen molar-refractivity contribution >= 4 is 22.5 Å². The Kier molecular flexibility index (Phi) is 2.59. The molecule has 0 bridgehead atoms. The Bertz CT molecular complexity index is 615. The highest BCUT2D eigenvalue weighted by atomic mass is 16.2. The predicted octanol–water partition coefficient (Wildman–Crippen LogP) is 2.77. The molecule has 2 aromatic rings. The predicted molar refractivity (Wildman–Crippen MR) is 72.4 cm³/mol. The first-order valence-corrected chi connectivity index (χ1v) is 6.06. The molecule has 1 atom stereocenters. The minimum absolute atomic E-state index is 0.151. The number of nitrogens with zero attached hydrogens (tertiary/aromatic N) is 2. The maximum atomic E-state index is 12.0. The number of anilines is 1. The number of para-hydroxylation sites is 1. The maximum Gasteiger partial charge on any atom is 0.227 e. The van der Waals surface area contributed by atoms with Crippen LogP contribution in [0.15, 0.2) is 49.2 Å². The molecule has 1 aromatic carbocycles. The third-order valence-electron chi connectivity index (χ3n) is 3.39. The normalized spacial score (nSPS) is 19.4. The van der Waals surface area contributed by atoms with Gasteiger partial charge in [-0.3, -0.25) is 9.78 Å². The standard InChI is InChI=1S/C15H14N2O/c1-2-11-9-14(18)17(10-11)13-7-3-5-12-6-4-8-16-15(12)13/h2-8,11H,1,9-10H2. The quantitative estimate of drug-likeness (QED) is 0.754. The van der Waals surface area contributed by atoms with Crippen molar-refractivity contribution in [2.24, 2.45) is 5.92 Å². The van der Waals surface area contributed by atoms with E-state index in [0.717, 1.165) is 16.6 Å². The fourth-order valence-electron chi connectivity index (χ4n) is 2.43. The minimum atomic E-state index is 0.151. The van der Waals surface area contributed by atoms with Gasteiger partial charge < -0.3 is 4.90 Å². The summed E-state index contributed by atoms with van der Waals surface area (Å²) in [4.78, 5) is 18.3. The Morgan fingerprint density at radius 1 is 1.33 bits per heavy atom. The van der Waals surface area contributed by atoms with Gasteiger partial charge in [0.15, 0.2) is 0 Å². The number of rotatable bonds is 2. The molecular formula is C15H14N2O. The van der Waals surface area contributed by atoms with Crippen LogP contribution in [0.2, 0.25) is 0 Å². The number of pyridine rings is 1. The summed E-state index contributed by atoms with van der Waals surface area (Å²) in [6.45, 7) is 4.48. The molecule has 90 valence electrons. The Hall–Kier alpha value is -2.16. The molecule has 1 aromatic heterocycles. The highest BCUT2D eigenvalue weighted by molar-refractivity contribution is 6.03. The molecular weight excluding hydrogens is 224 g/mol. The summed E-state index contributed by atoms with van der Waals surface area (Å²) < 4.78 is 0. The van der Waals surface area contributed by atoms with Gasteiger partial charge in [0, 0.05) is 30.5 Å². The van der Waals surface area contributed by atoms with Crippen molar-refractivity contribution in [1.29, 1.82) is 0 Å². The number of hydrogen-bond acceptors (Lipinski definition) is 2. The van der Waals surface area contributed by atoms with Crippen molar-refractivity contribution in [2.45, 2.75) is 6.42 Å². The van der Waals surface area contributed by atoms with Crippen molar-refractivity contribution in [1.82, 2.24) is 4.98 Å². The van der Waals surface area contributed by atoms with Gasteiger partial charge in [0.1, 0.15) is 0 Å². The monoisotopic (exact) mass is 238 g/mol. The van der Waals surface area contributed by atoms with E-state index in [9.17, 15) is 4.79 Å². The molecule has 1 aliphatic rings. The van der Waals surface area contributed by atoms with Crippen LogP contribution in [0.25, 0.3) is 10.9 Å². The van der Waals surface area contributed by atoms with Crippen molar-refractivity contribution < 1.29 is 4.79 Å². The molecule has 1 aliphatic heterocycles. The van der Waals surface area contributed by atoms with Crippen LogP contribution in [0, 0.1) is 5.92 Å². The van der Waals surface area contributed by atoms with E-state index in [1.54, 1.807) is 6.20 Å². The van der Waals surface area contributed by atoms with Crippen LogP contribution in [0.5, 0.6) is 0 Å². The first-order valence-electron chi connectivity index (χ1n) is 6.06. The topological polar surface area (TPSA) is 33.2 Å². The van der Waals surface area contributed by atoms with Gasteiger partial charge in [-0.2, -0.15) is 0 Å². The van der Waals surface area contributed by atoms with Gasteiger partial charge in [-0.05, 0) is 12.1 Å². The summed E-state index contributed by atoms with van der Waals surface area (Å²) in [5, 5.41) is 1.06. The summed E-state index contributed by atoms with van der Waals surface area (Å²) in [7, 11) is 0. The van der Waals surface area contributed by atoms with E-state index >= 15 is 0 Å². The maximum absolute atomic E-state index is 12.0. The van der Waals surface area contributed by atoms with Crippen LogP contribution < -0.4 is 4.90 Å². The van der Waals surface area contributed by atoms with Crippen LogP contribution in [-0.2, 0) is 4.79 Å². The molecule has 1 fully saturated rings. The highest BCUT2D eigenvalue weighted by Gasteiger charge is 2.29. The molecule has 0 radical (unpaired) electrons. The SMILES string of the molecule is C=CC1CC(=O)N(c2cccc3cccnc23)C1. The third-order valence-corrected chi connectivity index (χ3v) is 3.39. The van der Waals surface area contributed by atoms with E-state index in [2.05, 4.69) is 11.6 Å². The zero-order chi connectivity index (χ0) is 12.5. The Labute approximate surface area is 106 Å². The molecule has 1 saturated heterocycles. The van der Waals surface area contributed by atoms with Crippen LogP contribution >= 0.6 is 0 Å². The van der Waals surface area contributed by atoms with E-state index < -0.39 is 0 Å². The summed E-state index contributed by atoms with van der Waals surface area (Å²) in [6.07, 6.45) is 4.17. The average Bonchev–Trinajstić information content (AvgIpc) is 2.79. The molecule has 18 heavy (non-hydrogen) atoms. The second-order valence-electron chi connectivity index (χ2n) is 4.56. The zero-order valence-electron chi connectivity index (χ0n) is 10.0. The fraction of sp³-hybridized carbons (Fsp3) is 0.200. The summed E-state index contributed by atoms with van der Waals surface area (Å²) in [5.41, 5.74) is 1.79. The molecule has 0 N–H and O–H groups in total. The van der Waals surface area contributed by atoms with Gasteiger partial charge in [0.05, 0.1) is 11.2 Å². The van der Waals surface area contributed by atoms with E-state index in [1.165, 1.54) is 0 Å². The lowest BCUT2D eigenvalue weighted by Gasteiger charge is -2.17. The van der Waals surface area contributed by atoms with Gasteiger partial charge in [-0.25, -0.2) is 0 Å². The summed E-state index contributed by atoms with van der Waals surface area (Å²) in [5.74, 6) is 0.398. The van der Waals surface area contributed by atoms with Gasteiger partial charge in [-0.15, -0.1) is 6.58 Å². The number of aromatic nitrogens is 1. The lowest BCUT2D eigenvalue weighted by Crippen LogP contribution is -2.24. The van der Waals surface area contributed by atoms with E-state index in [4.69, 9.17) is 0 Å². The second-order valence-corrected chi connectivity index (χ2v) is 4.56. The first kappa shape index (κ1) is 11.0. The number of carbonyl (C=O) groups excluding carboxylic acids is 1. The number of benzene rings is 1. The second kappa shape index (κ2) is 4.26. The lowest BCUT2D eigenvalue weighted by molar-refractivity contribution is -0.117. The number of hydrogen-bond donors (Lipinski definition) is 0. The molecule has 3 heteroatoms. The molecule has 0 saturated carbocycles. The highest BCUT2D eigenvalue weighted by Crippen LogP contribution is 2.30. The molecule has 3 nitrogen and oxygen atoms in total. The van der Waals surface area contributed by atoms with Gasteiger partial charge in [0.2, 0.25) is 5.91 Å². The summed E-state index contributed by atoms with van der Waals surface area (Å²) in [6, 6.07) is 9.85. The van der Waals surface area contributed by atoms with Crippen LogP contribution in [0.3, 0.4) is 0 Å². The fourth-order valence-corrected chi connectivity index (χ4v) is 2.43. The van der Waals surface area contributed by atoms with E-state index in [0.29, 0.717) is 13.0 Å². The number of amides is 1. The minimum Gasteiger partial charge on any atom is -0.310 e. The average molecular weight is 238 g/mol. The molecule has 2 heterocycles. The largest absolute Gasteiger partial charge is 0.310 e. The van der Waals surface area contributed by atoms with Gasteiger partial charge >= 0.3 is 0 Å². The molecule has 0 spiro atoms. The van der Waals surface area contributed by atoms with Crippen molar-refractivity contribution in [3.63, 3.8) is 0 Å². The van der Waals surface area contributed by atoms with Crippen LogP contribution in [0.4, 0.5) is 5.69 Å². The smallest absolute Gasteiger partial charge is 0.227 e. The third kappa shape index (κ3) is 1.68. The van der Waals surface area contributed by atoms with E-state index in [-0.39, 0.29) is 11.8 Å². The van der Waals surface area contributed by atoms with E-state index in [1.807, 2.05) is 41.3 Å². The number of carbonyl (C=O) groups is 1. The summed E-state index contributed by atoms with van der Waals surface area (Å²) >= 11 is 0. The molecule has 3 rings (SSSR count). The number of fused-ring (bicyclic) bond motifs is 1. The van der Waals surface area contributed by atoms with Crippen LogP contribution in [0.1, 0.15) is 6.42 Å².